The van der Waals surface area contributed by atoms with Crippen molar-refractivity contribution in [3.8, 4) is 17.3 Å². The van der Waals surface area contributed by atoms with Crippen LogP contribution in [-0.4, -0.2) is 46.8 Å². The Hall–Kier alpha value is -4.35. The Morgan fingerprint density at radius 1 is 1.03 bits per heavy atom. The van der Waals surface area contributed by atoms with E-state index >= 15 is 0 Å². The van der Waals surface area contributed by atoms with Gasteiger partial charge in [-0.15, -0.1) is 5.10 Å². The summed E-state index contributed by atoms with van der Waals surface area (Å²) in [7, 11) is 0. The third-order valence-corrected chi connectivity index (χ3v) is 4.09. The predicted molar refractivity (Wildman–Crippen MR) is 103 cm³/mol. The molecule has 0 aliphatic carbocycles. The van der Waals surface area contributed by atoms with E-state index < -0.39 is 11.5 Å². The maximum Gasteiger partial charge on any atom is 0.267 e. The van der Waals surface area contributed by atoms with Crippen molar-refractivity contribution in [1.82, 2.24) is 39.6 Å². The van der Waals surface area contributed by atoms with Crippen molar-refractivity contribution in [2.24, 2.45) is 0 Å². The molecule has 30 heavy (non-hydrogen) atoms. The van der Waals surface area contributed by atoms with Crippen LogP contribution in [0.3, 0.4) is 0 Å². The molecule has 0 fully saturated rings. The highest BCUT2D eigenvalue weighted by molar-refractivity contribution is 5.75. The molecule has 4 aromatic rings. The molecule has 0 bridgehead atoms. The Morgan fingerprint density at radius 2 is 1.87 bits per heavy atom. The molecular weight excluding hydrogens is 392 g/mol. The van der Waals surface area contributed by atoms with Crippen LogP contribution < -0.4 is 16.4 Å². The summed E-state index contributed by atoms with van der Waals surface area (Å²) in [5.41, 5.74) is -0.302. The molecule has 0 saturated carbocycles. The van der Waals surface area contributed by atoms with E-state index in [0.717, 1.165) is 4.68 Å². The summed E-state index contributed by atoms with van der Waals surface area (Å²) in [4.78, 5) is 40.0. The number of nitrogens with zero attached hydrogens (tertiary/aromatic N) is 7. The van der Waals surface area contributed by atoms with Gasteiger partial charge in [-0.05, 0) is 24.3 Å². The molecule has 0 aliphatic heterocycles. The van der Waals surface area contributed by atoms with Crippen molar-refractivity contribution in [1.29, 1.82) is 0 Å². The number of hydrogen-bond acceptors (Lipinski definition) is 8. The van der Waals surface area contributed by atoms with Crippen LogP contribution in [-0.2, 0) is 17.9 Å². The second-order valence-electron chi connectivity index (χ2n) is 6.13. The van der Waals surface area contributed by atoms with Gasteiger partial charge in [-0.1, -0.05) is 0 Å². The SMILES string of the molecule is O=C(Cn1nc(-c2ccco2)ccc1=O)NCCn1nc(-n2cncn2)ccc1=O. The van der Waals surface area contributed by atoms with Crippen molar-refractivity contribution in [3.05, 3.63) is 76.0 Å². The van der Waals surface area contributed by atoms with Gasteiger partial charge in [-0.25, -0.2) is 19.0 Å². The molecular formula is C18H16N8O4. The monoisotopic (exact) mass is 408 g/mol. The molecule has 0 aromatic carbocycles. The van der Waals surface area contributed by atoms with Gasteiger partial charge in [0.15, 0.2) is 11.6 Å². The first-order chi connectivity index (χ1) is 14.6. The Labute approximate surface area is 168 Å². The molecule has 12 nitrogen and oxygen atoms in total. The summed E-state index contributed by atoms with van der Waals surface area (Å²) in [5, 5.41) is 14.9. The highest BCUT2D eigenvalue weighted by atomic mass is 16.3. The topological polar surface area (TPSA) is 143 Å². The largest absolute Gasteiger partial charge is 0.463 e. The van der Waals surface area contributed by atoms with E-state index in [1.807, 2.05) is 0 Å². The van der Waals surface area contributed by atoms with E-state index in [4.69, 9.17) is 4.42 Å². The lowest BCUT2D eigenvalue weighted by Crippen LogP contribution is -2.36. The maximum atomic E-state index is 12.2. The molecule has 1 N–H and O–H groups in total. The second kappa shape index (κ2) is 8.34. The lowest BCUT2D eigenvalue weighted by atomic mass is 10.3. The number of furan rings is 1. The quantitative estimate of drug-likeness (QED) is 0.429. The van der Waals surface area contributed by atoms with Crippen LogP contribution in [0, 0.1) is 0 Å². The minimum absolute atomic E-state index is 0.138. The van der Waals surface area contributed by atoms with Crippen LogP contribution in [0.5, 0.6) is 0 Å². The first-order valence-corrected chi connectivity index (χ1v) is 8.92. The number of hydrogen-bond donors (Lipinski definition) is 1. The highest BCUT2D eigenvalue weighted by Gasteiger charge is 2.10. The zero-order valence-corrected chi connectivity index (χ0v) is 15.6. The number of carbonyl (C=O) groups excluding carboxylic acids is 1. The van der Waals surface area contributed by atoms with Gasteiger partial charge in [-0.2, -0.15) is 10.2 Å². The lowest BCUT2D eigenvalue weighted by Gasteiger charge is -2.09. The first-order valence-electron chi connectivity index (χ1n) is 8.92. The molecule has 12 heteroatoms. The minimum Gasteiger partial charge on any atom is -0.463 e. The second-order valence-corrected chi connectivity index (χ2v) is 6.13. The van der Waals surface area contributed by atoms with E-state index in [0.29, 0.717) is 17.3 Å². The fourth-order valence-corrected chi connectivity index (χ4v) is 2.66. The Balaban J connectivity index is 1.38. The van der Waals surface area contributed by atoms with E-state index in [9.17, 15) is 14.4 Å². The summed E-state index contributed by atoms with van der Waals surface area (Å²) < 4.78 is 8.92. The zero-order valence-electron chi connectivity index (χ0n) is 15.6. The summed E-state index contributed by atoms with van der Waals surface area (Å²) >= 11 is 0. The molecule has 0 unspecified atom stereocenters. The number of amides is 1. The van der Waals surface area contributed by atoms with Gasteiger partial charge >= 0.3 is 0 Å². The number of rotatable bonds is 7. The van der Waals surface area contributed by atoms with Crippen molar-refractivity contribution < 1.29 is 9.21 Å². The third-order valence-electron chi connectivity index (χ3n) is 4.09. The average molecular weight is 408 g/mol. The number of aromatic nitrogens is 7. The zero-order chi connectivity index (χ0) is 20.9. The first kappa shape index (κ1) is 19.0. The summed E-state index contributed by atoms with van der Waals surface area (Å²) in [6.45, 7) is 0.00968. The Bertz CT molecular complexity index is 1260. The van der Waals surface area contributed by atoms with E-state index in [1.54, 1.807) is 12.1 Å². The fraction of sp³-hybridized carbons (Fsp3) is 0.167. The van der Waals surface area contributed by atoms with Gasteiger partial charge in [0, 0.05) is 18.7 Å². The smallest absolute Gasteiger partial charge is 0.267 e. The maximum absolute atomic E-state index is 12.2. The fourth-order valence-electron chi connectivity index (χ4n) is 2.66. The van der Waals surface area contributed by atoms with Crippen LogP contribution in [0.1, 0.15) is 0 Å². The Morgan fingerprint density at radius 3 is 2.63 bits per heavy atom. The van der Waals surface area contributed by atoms with Crippen molar-refractivity contribution in [2.75, 3.05) is 6.54 Å². The van der Waals surface area contributed by atoms with Crippen LogP contribution in [0.2, 0.25) is 0 Å². The molecule has 0 radical (unpaired) electrons. The molecule has 0 spiro atoms. The molecule has 4 aromatic heterocycles. The predicted octanol–water partition coefficient (Wildman–Crippen LogP) is -0.543. The normalized spacial score (nSPS) is 10.8. The highest BCUT2D eigenvalue weighted by Crippen LogP contribution is 2.14. The van der Waals surface area contributed by atoms with Crippen molar-refractivity contribution in [2.45, 2.75) is 13.1 Å². The van der Waals surface area contributed by atoms with Crippen molar-refractivity contribution >= 4 is 5.91 Å². The summed E-state index contributed by atoms with van der Waals surface area (Å²) in [5.74, 6) is 0.479. The Kier molecular flexibility index (Phi) is 5.28. The number of nitrogens with one attached hydrogen (secondary N) is 1. The molecule has 4 rings (SSSR count). The summed E-state index contributed by atoms with van der Waals surface area (Å²) in [6.07, 6.45) is 4.31. The van der Waals surface area contributed by atoms with Gasteiger partial charge < -0.3 is 9.73 Å². The molecule has 0 aliphatic rings. The van der Waals surface area contributed by atoms with Gasteiger partial charge in [0.25, 0.3) is 11.1 Å². The lowest BCUT2D eigenvalue weighted by molar-refractivity contribution is -0.121. The third kappa shape index (κ3) is 4.22. The molecule has 0 saturated heterocycles. The molecule has 4 heterocycles. The molecule has 1 amide bonds. The van der Waals surface area contributed by atoms with Gasteiger partial charge in [0.2, 0.25) is 5.91 Å². The summed E-state index contributed by atoms with van der Waals surface area (Å²) in [6, 6.07) is 9.13. The minimum atomic E-state index is -0.429. The van der Waals surface area contributed by atoms with Gasteiger partial charge in [-0.3, -0.25) is 14.4 Å². The van der Waals surface area contributed by atoms with E-state index in [1.165, 1.54) is 52.5 Å². The van der Waals surface area contributed by atoms with E-state index in [-0.39, 0.29) is 25.2 Å². The van der Waals surface area contributed by atoms with Gasteiger partial charge in [0.05, 0.1) is 12.8 Å². The number of carbonyl (C=O) groups is 1. The van der Waals surface area contributed by atoms with Crippen LogP contribution >= 0.6 is 0 Å². The molecule has 152 valence electrons. The molecule has 0 atom stereocenters. The average Bonchev–Trinajstić information content (AvgIpc) is 3.45. The van der Waals surface area contributed by atoms with Crippen molar-refractivity contribution in [3.63, 3.8) is 0 Å². The van der Waals surface area contributed by atoms with Crippen LogP contribution in [0.25, 0.3) is 17.3 Å². The van der Waals surface area contributed by atoms with Gasteiger partial charge in [0.1, 0.15) is 24.9 Å². The van der Waals surface area contributed by atoms with E-state index in [2.05, 4.69) is 25.6 Å². The van der Waals surface area contributed by atoms with Crippen LogP contribution in [0.15, 0.2) is 69.3 Å². The van der Waals surface area contributed by atoms with Crippen LogP contribution in [0.4, 0.5) is 0 Å². The standard InChI is InChI=1S/C18H16N8O4/c27-16(10-25-18(29)5-3-13(22-25)14-2-1-9-30-14)20-7-8-24-17(28)6-4-15(23-24)26-12-19-11-21-26/h1-6,9,11-12H,7-8,10H2,(H,20,27).